The van der Waals surface area contributed by atoms with E-state index in [4.69, 9.17) is 0 Å². The molecule has 134 valence electrons. The van der Waals surface area contributed by atoms with Crippen LogP contribution in [0.4, 0.5) is 0 Å². The molecule has 0 unspecified atom stereocenters. The minimum atomic E-state index is 0. The van der Waals surface area contributed by atoms with E-state index in [9.17, 15) is 0 Å². The number of hydrogen-bond acceptors (Lipinski definition) is 0. The SMILES string of the molecule is C[c-]1cccc1.[Cl-].[Cl-].[Zr+4].c1ccc2cn(-c3cc4ccccc4[cH-]3)cc2c1. The Balaban J connectivity index is 0.000000354. The van der Waals surface area contributed by atoms with Crippen molar-refractivity contribution in [2.45, 2.75) is 6.92 Å². The van der Waals surface area contributed by atoms with Gasteiger partial charge < -0.3 is 29.4 Å². The van der Waals surface area contributed by atoms with E-state index in [2.05, 4.69) is 96.7 Å². The topological polar surface area (TPSA) is 4.93 Å². The molecule has 0 amide bonds. The molecule has 0 bridgehead atoms. The molecular formula is C23H19Cl2NZr. The number of halogens is 2. The molecule has 5 rings (SSSR count). The van der Waals surface area contributed by atoms with Crippen molar-refractivity contribution in [2.24, 2.45) is 0 Å². The monoisotopic (exact) mass is 469 g/mol. The standard InChI is InChI=1S/C17H12N.C6H7.2ClH.Zr/c1-2-6-14-10-17(9-13(14)5-1)18-11-15-7-3-4-8-16(15)12-18;1-6-4-2-3-5-6;;;/h1-12H;2-5H,1H3;2*1H;/q2*-1;;;+4/p-2. The molecule has 0 radical (unpaired) electrons. The smallest absolute Gasteiger partial charge is 1.00 e. The van der Waals surface area contributed by atoms with E-state index >= 15 is 0 Å². The second-order valence-corrected chi connectivity index (χ2v) is 6.10. The van der Waals surface area contributed by atoms with Crippen molar-refractivity contribution in [1.29, 1.82) is 0 Å². The van der Waals surface area contributed by atoms with E-state index in [1.807, 2.05) is 12.1 Å². The van der Waals surface area contributed by atoms with E-state index in [0.29, 0.717) is 0 Å². The van der Waals surface area contributed by atoms with Crippen molar-refractivity contribution in [2.75, 3.05) is 0 Å². The molecule has 1 nitrogen and oxygen atoms in total. The first kappa shape index (κ1) is 23.4. The van der Waals surface area contributed by atoms with Crippen LogP contribution in [0.2, 0.25) is 0 Å². The van der Waals surface area contributed by atoms with Gasteiger partial charge in [0.15, 0.2) is 0 Å². The fourth-order valence-corrected chi connectivity index (χ4v) is 2.99. The molecule has 27 heavy (non-hydrogen) atoms. The van der Waals surface area contributed by atoms with Gasteiger partial charge in [0.05, 0.1) is 0 Å². The number of fused-ring (bicyclic) bond motifs is 2. The normalized spacial score (nSPS) is 9.52. The van der Waals surface area contributed by atoms with E-state index in [0.717, 1.165) is 0 Å². The quantitative estimate of drug-likeness (QED) is 0.309. The molecule has 1 aromatic heterocycles. The van der Waals surface area contributed by atoms with E-state index in [1.165, 1.54) is 32.8 Å². The van der Waals surface area contributed by atoms with Gasteiger partial charge in [0.25, 0.3) is 0 Å². The van der Waals surface area contributed by atoms with Gasteiger partial charge in [-0.3, -0.25) is 0 Å². The van der Waals surface area contributed by atoms with Gasteiger partial charge in [0.1, 0.15) is 0 Å². The number of nitrogens with zero attached hydrogens (tertiary/aromatic N) is 1. The third-order valence-corrected chi connectivity index (χ3v) is 4.28. The summed E-state index contributed by atoms with van der Waals surface area (Å²) in [7, 11) is 0. The Kier molecular flexibility index (Phi) is 9.26. The fourth-order valence-electron chi connectivity index (χ4n) is 2.99. The minimum Gasteiger partial charge on any atom is -1.00 e. The van der Waals surface area contributed by atoms with Crippen molar-refractivity contribution in [3.8, 4) is 5.69 Å². The first-order chi connectivity index (χ1) is 11.8. The summed E-state index contributed by atoms with van der Waals surface area (Å²) in [4.78, 5) is 0. The maximum absolute atomic E-state index is 2.23. The van der Waals surface area contributed by atoms with Gasteiger partial charge in [0.2, 0.25) is 0 Å². The third-order valence-electron chi connectivity index (χ3n) is 4.28. The number of benzene rings is 2. The van der Waals surface area contributed by atoms with Gasteiger partial charge >= 0.3 is 26.2 Å². The molecule has 0 N–H and O–H groups in total. The Hall–Kier alpha value is -1.60. The molecule has 0 fully saturated rings. The molecule has 0 aliphatic carbocycles. The van der Waals surface area contributed by atoms with Gasteiger partial charge in [-0.1, -0.05) is 37.3 Å². The zero-order valence-electron chi connectivity index (χ0n) is 14.9. The van der Waals surface area contributed by atoms with Crippen LogP contribution in [0.3, 0.4) is 0 Å². The van der Waals surface area contributed by atoms with E-state index < -0.39 is 0 Å². The first-order valence-corrected chi connectivity index (χ1v) is 8.20. The molecular weight excluding hydrogens is 452 g/mol. The largest absolute Gasteiger partial charge is 4.00 e. The molecule has 5 aromatic rings. The first-order valence-electron chi connectivity index (χ1n) is 8.20. The summed E-state index contributed by atoms with van der Waals surface area (Å²) in [5.74, 6) is 0. The van der Waals surface area contributed by atoms with Crippen LogP contribution in [-0.4, -0.2) is 4.57 Å². The molecule has 0 spiro atoms. The summed E-state index contributed by atoms with van der Waals surface area (Å²) in [5.41, 5.74) is 2.57. The van der Waals surface area contributed by atoms with Crippen LogP contribution >= 0.6 is 0 Å². The van der Waals surface area contributed by atoms with Crippen LogP contribution in [0.5, 0.6) is 0 Å². The number of aryl methyl sites for hydroxylation is 1. The molecule has 1 heterocycles. The van der Waals surface area contributed by atoms with Crippen LogP contribution in [0.25, 0.3) is 27.2 Å². The minimum absolute atomic E-state index is 0. The number of hydrogen-bond donors (Lipinski definition) is 0. The summed E-state index contributed by atoms with van der Waals surface area (Å²) < 4.78 is 2.20. The summed E-state index contributed by atoms with van der Waals surface area (Å²) in [6.45, 7) is 2.08. The summed E-state index contributed by atoms with van der Waals surface area (Å²) in [6.07, 6.45) is 4.37. The van der Waals surface area contributed by atoms with Crippen LogP contribution in [0.1, 0.15) is 5.56 Å². The van der Waals surface area contributed by atoms with Crippen LogP contribution in [0, 0.1) is 6.92 Å². The molecule has 4 aromatic carbocycles. The second kappa shape index (κ2) is 10.7. The number of aromatic nitrogens is 1. The average Bonchev–Trinajstić information content (AvgIpc) is 3.33. The summed E-state index contributed by atoms with van der Waals surface area (Å²) in [6, 6.07) is 29.6. The Bertz CT molecular complexity index is 936. The Morgan fingerprint density at radius 1 is 0.741 bits per heavy atom. The Morgan fingerprint density at radius 2 is 1.26 bits per heavy atom. The van der Waals surface area contributed by atoms with E-state index in [1.54, 1.807) is 0 Å². The van der Waals surface area contributed by atoms with Crippen LogP contribution in [0.15, 0.2) is 97.3 Å². The van der Waals surface area contributed by atoms with Crippen molar-refractivity contribution in [1.82, 2.24) is 4.57 Å². The van der Waals surface area contributed by atoms with Gasteiger partial charge in [-0.25, -0.2) is 12.1 Å². The van der Waals surface area contributed by atoms with Gasteiger partial charge in [-0.05, 0) is 16.5 Å². The van der Waals surface area contributed by atoms with E-state index in [-0.39, 0.29) is 51.0 Å². The van der Waals surface area contributed by atoms with Crippen molar-refractivity contribution in [3.63, 3.8) is 0 Å². The fraction of sp³-hybridized carbons (Fsp3) is 0.0435. The Morgan fingerprint density at radius 3 is 1.74 bits per heavy atom. The number of rotatable bonds is 1. The molecule has 0 saturated heterocycles. The maximum atomic E-state index is 2.23. The molecule has 0 aliphatic heterocycles. The predicted molar refractivity (Wildman–Crippen MR) is 103 cm³/mol. The third kappa shape index (κ3) is 5.45. The summed E-state index contributed by atoms with van der Waals surface area (Å²) in [5, 5.41) is 5.15. The molecule has 0 saturated carbocycles. The average molecular weight is 472 g/mol. The van der Waals surface area contributed by atoms with Crippen LogP contribution < -0.4 is 24.8 Å². The van der Waals surface area contributed by atoms with Crippen molar-refractivity contribution >= 4 is 21.5 Å². The molecule has 4 heteroatoms. The second-order valence-electron chi connectivity index (χ2n) is 6.10. The predicted octanol–water partition coefficient (Wildman–Crippen LogP) is 0.222. The molecule has 0 aliphatic rings. The molecule has 0 atom stereocenters. The summed E-state index contributed by atoms with van der Waals surface area (Å²) >= 11 is 0. The van der Waals surface area contributed by atoms with Gasteiger partial charge in [0, 0.05) is 12.4 Å². The van der Waals surface area contributed by atoms with Gasteiger partial charge in [-0.2, -0.15) is 17.7 Å². The van der Waals surface area contributed by atoms with Crippen molar-refractivity contribution in [3.05, 3.63) is 103 Å². The zero-order valence-corrected chi connectivity index (χ0v) is 18.9. The van der Waals surface area contributed by atoms with Gasteiger partial charge in [-0.15, -0.1) is 41.1 Å². The zero-order chi connectivity index (χ0) is 16.4. The Labute approximate surface area is 191 Å². The van der Waals surface area contributed by atoms with Crippen molar-refractivity contribution < 1.29 is 51.0 Å². The maximum Gasteiger partial charge on any atom is 4.00 e. The van der Waals surface area contributed by atoms with Crippen LogP contribution in [-0.2, 0) is 26.2 Å².